The van der Waals surface area contributed by atoms with E-state index < -0.39 is 0 Å². The fourth-order valence-electron chi connectivity index (χ4n) is 3.18. The number of hydrogen-bond acceptors (Lipinski definition) is 8. The zero-order valence-electron chi connectivity index (χ0n) is 20.3. The van der Waals surface area contributed by atoms with Crippen LogP contribution in [-0.4, -0.2) is 40.1 Å². The van der Waals surface area contributed by atoms with Gasteiger partial charge in [0, 0.05) is 49.3 Å². The van der Waals surface area contributed by atoms with Gasteiger partial charge in [-0.2, -0.15) is 0 Å². The van der Waals surface area contributed by atoms with Crippen molar-refractivity contribution in [2.75, 3.05) is 0 Å². The predicted octanol–water partition coefficient (Wildman–Crippen LogP) is 5.84. The topological polar surface area (TPSA) is 118 Å². The first-order valence-corrected chi connectivity index (χ1v) is 11.6. The number of hydrogen-bond donors (Lipinski definition) is 2. The van der Waals surface area contributed by atoms with Crippen molar-refractivity contribution in [2.24, 2.45) is 0 Å². The smallest absolute Gasteiger partial charge is 0.119 e. The Morgan fingerprint density at radius 1 is 0.316 bits per heavy atom. The molecule has 6 rings (SSSR count). The third kappa shape index (κ3) is 7.76. The van der Waals surface area contributed by atoms with Gasteiger partial charge < -0.3 is 10.2 Å². The molecule has 0 fully saturated rings. The highest BCUT2D eigenvalue weighted by Gasteiger charge is 2.02. The van der Waals surface area contributed by atoms with Crippen LogP contribution in [0, 0.1) is 0 Å². The van der Waals surface area contributed by atoms with Crippen molar-refractivity contribution in [3.63, 3.8) is 0 Å². The molecule has 0 aliphatic carbocycles. The third-order valence-electron chi connectivity index (χ3n) is 4.93. The summed E-state index contributed by atoms with van der Waals surface area (Å²) in [6.45, 7) is 0. The molecule has 0 amide bonds. The lowest BCUT2D eigenvalue weighted by atomic mass is 10.2. The molecular weight excluding hydrogens is 476 g/mol. The Labute approximate surface area is 220 Å². The van der Waals surface area contributed by atoms with Crippen molar-refractivity contribution >= 4 is 0 Å². The van der Waals surface area contributed by atoms with Crippen LogP contribution in [0.4, 0.5) is 0 Å². The number of aromatic nitrogens is 6. The summed E-state index contributed by atoms with van der Waals surface area (Å²) in [7, 11) is 0. The highest BCUT2D eigenvalue weighted by molar-refractivity contribution is 5.57. The van der Waals surface area contributed by atoms with Gasteiger partial charge in [-0.15, -0.1) is 0 Å². The van der Waals surface area contributed by atoms with Crippen molar-refractivity contribution < 1.29 is 10.2 Å². The van der Waals surface area contributed by atoms with Gasteiger partial charge in [0.15, 0.2) is 0 Å². The average molecular weight is 501 g/mol. The molecule has 0 bridgehead atoms. The molecule has 186 valence electrons. The zero-order chi connectivity index (χ0) is 26.4. The molecule has 0 atom stereocenters. The van der Waals surface area contributed by atoms with Crippen LogP contribution in [-0.2, 0) is 0 Å². The van der Waals surface area contributed by atoms with Gasteiger partial charge in [0.05, 0.1) is 34.2 Å². The molecule has 0 spiro atoms. The molecule has 0 aliphatic rings. The Kier molecular flexibility index (Phi) is 9.13. The van der Waals surface area contributed by atoms with E-state index in [1.54, 1.807) is 24.8 Å². The summed E-state index contributed by atoms with van der Waals surface area (Å²) in [6, 6.07) is 29.1. The van der Waals surface area contributed by atoms with Gasteiger partial charge in [-0.3, -0.25) is 29.9 Å². The van der Waals surface area contributed by atoms with E-state index in [0.29, 0.717) is 11.4 Å². The monoisotopic (exact) mass is 500 g/mol. The lowest BCUT2D eigenvalue weighted by molar-refractivity contribution is 0.473. The molecule has 0 saturated heterocycles. The van der Waals surface area contributed by atoms with Crippen molar-refractivity contribution in [3.05, 3.63) is 134 Å². The molecule has 0 unspecified atom stereocenters. The van der Waals surface area contributed by atoms with Crippen LogP contribution in [0.3, 0.4) is 0 Å². The number of aromatic hydroxyl groups is 2. The molecule has 0 radical (unpaired) electrons. The number of nitrogens with zero attached hydrogens (tertiary/aromatic N) is 6. The van der Waals surface area contributed by atoms with Crippen LogP contribution in [0.2, 0.25) is 0 Å². The Morgan fingerprint density at radius 2 is 0.605 bits per heavy atom. The maximum Gasteiger partial charge on any atom is 0.119 e. The minimum atomic E-state index is 0.125. The molecule has 6 aromatic heterocycles. The van der Waals surface area contributed by atoms with E-state index in [-0.39, 0.29) is 11.5 Å². The second-order valence-electron chi connectivity index (χ2n) is 7.66. The molecule has 0 aliphatic heterocycles. The summed E-state index contributed by atoms with van der Waals surface area (Å²) < 4.78 is 0. The van der Waals surface area contributed by atoms with Gasteiger partial charge in [-0.25, -0.2) is 0 Å². The normalized spacial score (nSPS) is 9.79. The molecule has 8 nitrogen and oxygen atoms in total. The summed E-state index contributed by atoms with van der Waals surface area (Å²) in [6.07, 6.45) is 10.0. The predicted molar refractivity (Wildman–Crippen MR) is 146 cm³/mol. The molecular formula is C30H24N6O2. The van der Waals surface area contributed by atoms with E-state index >= 15 is 0 Å². The Morgan fingerprint density at radius 3 is 0.842 bits per heavy atom. The summed E-state index contributed by atoms with van der Waals surface area (Å²) in [5.74, 6) is 0.250. The standard InChI is InChI=1S/C10H8N2O2.2C10H8N2/c13-7-1-3-11-9(5-7)10-6-8(14)2-4-12-10;2*1-3-7-11-9(5-1)10-6-2-4-8-12-10/h1-6H,(H,11,13)(H,12,14);2*1-8H. The molecule has 6 heterocycles. The molecule has 0 saturated carbocycles. The second-order valence-corrected chi connectivity index (χ2v) is 7.66. The van der Waals surface area contributed by atoms with Crippen LogP contribution >= 0.6 is 0 Å². The van der Waals surface area contributed by atoms with Crippen molar-refractivity contribution in [1.29, 1.82) is 0 Å². The van der Waals surface area contributed by atoms with Crippen LogP contribution < -0.4 is 0 Å². The quantitative estimate of drug-likeness (QED) is 0.311. The fraction of sp³-hybridized carbons (Fsp3) is 0. The highest BCUT2D eigenvalue weighted by atomic mass is 16.3. The first kappa shape index (κ1) is 25.6. The highest BCUT2D eigenvalue weighted by Crippen LogP contribution is 2.21. The summed E-state index contributed by atoms with van der Waals surface area (Å²) in [5.41, 5.74) is 4.72. The first-order chi connectivity index (χ1) is 18.7. The largest absolute Gasteiger partial charge is 0.508 e. The van der Waals surface area contributed by atoms with E-state index in [1.165, 1.54) is 36.7 Å². The van der Waals surface area contributed by atoms with Gasteiger partial charge in [0.2, 0.25) is 0 Å². The van der Waals surface area contributed by atoms with E-state index in [4.69, 9.17) is 0 Å². The summed E-state index contributed by atoms with van der Waals surface area (Å²) in [5, 5.41) is 18.4. The Bertz CT molecular complexity index is 1330. The minimum absolute atomic E-state index is 0.125. The zero-order valence-corrected chi connectivity index (χ0v) is 20.3. The van der Waals surface area contributed by atoms with E-state index in [1.807, 2.05) is 72.8 Å². The van der Waals surface area contributed by atoms with Crippen LogP contribution in [0.25, 0.3) is 34.2 Å². The van der Waals surface area contributed by atoms with Gasteiger partial charge in [-0.05, 0) is 60.7 Å². The first-order valence-electron chi connectivity index (χ1n) is 11.6. The van der Waals surface area contributed by atoms with Crippen molar-refractivity contribution in [1.82, 2.24) is 29.9 Å². The van der Waals surface area contributed by atoms with Gasteiger partial charge in [0.1, 0.15) is 11.5 Å². The third-order valence-corrected chi connectivity index (χ3v) is 4.93. The Balaban J connectivity index is 0.000000133. The lowest BCUT2D eigenvalue weighted by Gasteiger charge is -2.00. The number of rotatable bonds is 3. The van der Waals surface area contributed by atoms with E-state index in [2.05, 4.69) is 29.9 Å². The second kappa shape index (κ2) is 13.6. The average Bonchev–Trinajstić information content (AvgIpc) is 3.00. The van der Waals surface area contributed by atoms with Gasteiger partial charge in [0.25, 0.3) is 0 Å². The van der Waals surface area contributed by atoms with Gasteiger partial charge >= 0.3 is 0 Å². The minimum Gasteiger partial charge on any atom is -0.508 e. The Hall–Kier alpha value is -5.50. The number of pyridine rings is 6. The lowest BCUT2D eigenvalue weighted by Crippen LogP contribution is -1.85. The molecule has 6 aromatic rings. The van der Waals surface area contributed by atoms with Crippen molar-refractivity contribution in [2.45, 2.75) is 0 Å². The SMILES string of the molecule is Oc1ccnc(-c2cc(O)ccn2)c1.c1ccc(-c2ccccn2)nc1.c1ccc(-c2ccccn2)nc1. The fourth-order valence-corrected chi connectivity index (χ4v) is 3.18. The van der Waals surface area contributed by atoms with E-state index in [9.17, 15) is 10.2 Å². The van der Waals surface area contributed by atoms with Crippen LogP contribution in [0.15, 0.2) is 134 Å². The van der Waals surface area contributed by atoms with Crippen LogP contribution in [0.1, 0.15) is 0 Å². The van der Waals surface area contributed by atoms with Crippen LogP contribution in [0.5, 0.6) is 11.5 Å². The summed E-state index contributed by atoms with van der Waals surface area (Å²) in [4.78, 5) is 24.8. The van der Waals surface area contributed by atoms with E-state index in [0.717, 1.165) is 22.8 Å². The molecule has 2 N–H and O–H groups in total. The van der Waals surface area contributed by atoms with Crippen molar-refractivity contribution in [3.8, 4) is 45.7 Å². The molecule has 0 aromatic carbocycles. The maximum atomic E-state index is 9.21. The maximum absolute atomic E-state index is 9.21. The summed E-state index contributed by atoms with van der Waals surface area (Å²) >= 11 is 0. The van der Waals surface area contributed by atoms with Gasteiger partial charge in [-0.1, -0.05) is 24.3 Å². The molecule has 38 heavy (non-hydrogen) atoms. The molecule has 8 heteroatoms.